The quantitative estimate of drug-likeness (QED) is 0.792. The number of piperazine rings is 1. The molecule has 2 aliphatic heterocycles. The van der Waals surface area contributed by atoms with Gasteiger partial charge in [-0.25, -0.2) is 0 Å². The molecule has 0 aromatic heterocycles. The number of likely N-dealkylation sites (tertiary alicyclic amines) is 1. The summed E-state index contributed by atoms with van der Waals surface area (Å²) in [4.78, 5) is 30.6. The number of nitrogens with zero attached hydrogens (tertiary/aromatic N) is 3. The van der Waals surface area contributed by atoms with Gasteiger partial charge in [0, 0.05) is 45.7 Å². The summed E-state index contributed by atoms with van der Waals surface area (Å²) < 4.78 is 0. The van der Waals surface area contributed by atoms with Crippen LogP contribution in [0.1, 0.15) is 46.0 Å². The van der Waals surface area contributed by atoms with Gasteiger partial charge in [0.15, 0.2) is 0 Å². The number of amides is 2. The van der Waals surface area contributed by atoms with Gasteiger partial charge in [-0.05, 0) is 18.8 Å². The minimum Gasteiger partial charge on any atom is -0.342 e. The highest BCUT2D eigenvalue weighted by molar-refractivity contribution is 5.78. The van der Waals surface area contributed by atoms with Crippen molar-refractivity contribution in [1.82, 2.24) is 14.7 Å². The lowest BCUT2D eigenvalue weighted by Gasteiger charge is -2.35. The number of carbonyl (C=O) groups excluding carboxylic acids is 2. The molecule has 0 radical (unpaired) electrons. The molecule has 0 saturated carbocycles. The zero-order valence-electron chi connectivity index (χ0n) is 14.2. The molecule has 0 bridgehead atoms. The predicted molar refractivity (Wildman–Crippen MR) is 87.5 cm³/mol. The normalized spacial score (nSPS) is 21.0. The first-order valence-electron chi connectivity index (χ1n) is 8.84. The van der Waals surface area contributed by atoms with E-state index in [1.807, 2.05) is 9.80 Å². The van der Waals surface area contributed by atoms with E-state index in [9.17, 15) is 9.59 Å². The second-order valence-corrected chi connectivity index (χ2v) is 7.05. The summed E-state index contributed by atoms with van der Waals surface area (Å²) in [7, 11) is 0. The first kappa shape index (κ1) is 17.3. The molecule has 5 heteroatoms. The Morgan fingerprint density at radius 2 is 1.32 bits per heavy atom. The van der Waals surface area contributed by atoms with Gasteiger partial charge in [0.05, 0.1) is 6.54 Å². The second kappa shape index (κ2) is 8.51. The summed E-state index contributed by atoms with van der Waals surface area (Å²) >= 11 is 0. The van der Waals surface area contributed by atoms with E-state index in [-0.39, 0.29) is 11.8 Å². The third-order valence-corrected chi connectivity index (χ3v) is 4.63. The molecule has 22 heavy (non-hydrogen) atoms. The summed E-state index contributed by atoms with van der Waals surface area (Å²) in [5.41, 5.74) is 0. The van der Waals surface area contributed by atoms with E-state index in [0.717, 1.165) is 52.1 Å². The van der Waals surface area contributed by atoms with Gasteiger partial charge in [-0.1, -0.05) is 26.7 Å². The van der Waals surface area contributed by atoms with E-state index in [1.165, 1.54) is 12.8 Å². The summed E-state index contributed by atoms with van der Waals surface area (Å²) in [6, 6.07) is 0. The van der Waals surface area contributed by atoms with Crippen molar-refractivity contribution in [2.24, 2.45) is 5.92 Å². The van der Waals surface area contributed by atoms with E-state index in [4.69, 9.17) is 0 Å². The molecule has 0 spiro atoms. The van der Waals surface area contributed by atoms with Crippen LogP contribution in [0.3, 0.4) is 0 Å². The van der Waals surface area contributed by atoms with Crippen LogP contribution in [0, 0.1) is 5.92 Å². The Balaban J connectivity index is 1.72. The highest BCUT2D eigenvalue weighted by atomic mass is 16.2. The monoisotopic (exact) mass is 309 g/mol. The van der Waals surface area contributed by atoms with E-state index in [2.05, 4.69) is 18.7 Å². The summed E-state index contributed by atoms with van der Waals surface area (Å²) in [5, 5.41) is 0. The fourth-order valence-corrected chi connectivity index (χ4v) is 3.25. The van der Waals surface area contributed by atoms with E-state index < -0.39 is 0 Å². The fourth-order valence-electron chi connectivity index (χ4n) is 3.25. The van der Waals surface area contributed by atoms with Crippen LogP contribution in [0.15, 0.2) is 0 Å². The Hall–Kier alpha value is -1.10. The van der Waals surface area contributed by atoms with Gasteiger partial charge in [-0.3, -0.25) is 14.5 Å². The van der Waals surface area contributed by atoms with Gasteiger partial charge in [0.2, 0.25) is 11.8 Å². The zero-order chi connectivity index (χ0) is 15.9. The lowest BCUT2D eigenvalue weighted by Crippen LogP contribution is -2.51. The third-order valence-electron chi connectivity index (χ3n) is 4.63. The fraction of sp³-hybridized carbons (Fsp3) is 0.882. The first-order chi connectivity index (χ1) is 10.6. The van der Waals surface area contributed by atoms with Crippen LogP contribution in [0.25, 0.3) is 0 Å². The lowest BCUT2D eigenvalue weighted by molar-refractivity contribution is -0.135. The maximum atomic E-state index is 12.4. The van der Waals surface area contributed by atoms with Crippen molar-refractivity contribution in [2.45, 2.75) is 46.0 Å². The largest absolute Gasteiger partial charge is 0.342 e. The van der Waals surface area contributed by atoms with Crippen molar-refractivity contribution in [1.29, 1.82) is 0 Å². The zero-order valence-corrected chi connectivity index (χ0v) is 14.2. The summed E-state index contributed by atoms with van der Waals surface area (Å²) in [6.45, 7) is 9.69. The van der Waals surface area contributed by atoms with Gasteiger partial charge >= 0.3 is 0 Å². The van der Waals surface area contributed by atoms with Crippen LogP contribution in [0.5, 0.6) is 0 Å². The predicted octanol–water partition coefficient (Wildman–Crippen LogP) is 1.58. The number of rotatable bonds is 4. The van der Waals surface area contributed by atoms with Crippen molar-refractivity contribution in [2.75, 3.05) is 45.8 Å². The minimum absolute atomic E-state index is 0.258. The maximum absolute atomic E-state index is 12.4. The molecule has 0 aromatic carbocycles. The Bertz CT molecular complexity index is 368. The van der Waals surface area contributed by atoms with Gasteiger partial charge in [0.1, 0.15) is 0 Å². The SMILES string of the molecule is CC(C)CC(=O)N1CCN(CC(=O)N2CCCCCC2)CC1. The highest BCUT2D eigenvalue weighted by Crippen LogP contribution is 2.12. The smallest absolute Gasteiger partial charge is 0.236 e. The highest BCUT2D eigenvalue weighted by Gasteiger charge is 2.24. The van der Waals surface area contributed by atoms with Crippen molar-refractivity contribution in [3.8, 4) is 0 Å². The Labute approximate surface area is 134 Å². The van der Waals surface area contributed by atoms with Crippen molar-refractivity contribution < 1.29 is 9.59 Å². The van der Waals surface area contributed by atoms with Crippen molar-refractivity contribution in [3.05, 3.63) is 0 Å². The number of carbonyl (C=O) groups is 2. The van der Waals surface area contributed by atoms with Crippen LogP contribution in [-0.2, 0) is 9.59 Å². The van der Waals surface area contributed by atoms with Crippen LogP contribution in [0.2, 0.25) is 0 Å². The standard InChI is InChI=1S/C17H31N3O2/c1-15(2)13-16(21)20-11-9-18(10-12-20)14-17(22)19-7-5-3-4-6-8-19/h15H,3-14H2,1-2H3. The van der Waals surface area contributed by atoms with Crippen LogP contribution in [0.4, 0.5) is 0 Å². The van der Waals surface area contributed by atoms with Crippen molar-refractivity contribution >= 4 is 11.8 Å². The van der Waals surface area contributed by atoms with Gasteiger partial charge < -0.3 is 9.80 Å². The van der Waals surface area contributed by atoms with Gasteiger partial charge in [-0.2, -0.15) is 0 Å². The van der Waals surface area contributed by atoms with Gasteiger partial charge in [0.25, 0.3) is 0 Å². The molecule has 0 aromatic rings. The first-order valence-corrected chi connectivity index (χ1v) is 8.84. The lowest BCUT2D eigenvalue weighted by atomic mass is 10.1. The Morgan fingerprint density at radius 1 is 0.773 bits per heavy atom. The van der Waals surface area contributed by atoms with Crippen LogP contribution in [-0.4, -0.2) is 72.3 Å². The molecule has 2 heterocycles. The van der Waals surface area contributed by atoms with Crippen LogP contribution >= 0.6 is 0 Å². The maximum Gasteiger partial charge on any atom is 0.236 e. The Morgan fingerprint density at radius 3 is 1.86 bits per heavy atom. The average Bonchev–Trinajstić information content (AvgIpc) is 2.76. The van der Waals surface area contributed by atoms with E-state index in [1.54, 1.807) is 0 Å². The van der Waals surface area contributed by atoms with E-state index in [0.29, 0.717) is 18.9 Å². The average molecular weight is 309 g/mol. The molecule has 2 saturated heterocycles. The molecule has 0 unspecified atom stereocenters. The van der Waals surface area contributed by atoms with Gasteiger partial charge in [-0.15, -0.1) is 0 Å². The molecule has 0 aliphatic carbocycles. The Kier molecular flexibility index (Phi) is 6.68. The number of hydrogen-bond acceptors (Lipinski definition) is 3. The van der Waals surface area contributed by atoms with Crippen LogP contribution < -0.4 is 0 Å². The second-order valence-electron chi connectivity index (χ2n) is 7.05. The molecule has 2 aliphatic rings. The molecular weight excluding hydrogens is 278 g/mol. The molecule has 2 amide bonds. The molecule has 126 valence electrons. The molecule has 2 rings (SSSR count). The number of hydrogen-bond donors (Lipinski definition) is 0. The molecule has 5 nitrogen and oxygen atoms in total. The summed E-state index contributed by atoms with van der Waals surface area (Å²) in [6.07, 6.45) is 5.42. The molecule has 0 N–H and O–H groups in total. The van der Waals surface area contributed by atoms with Crippen molar-refractivity contribution in [3.63, 3.8) is 0 Å². The molecular formula is C17H31N3O2. The minimum atomic E-state index is 0.258. The van der Waals surface area contributed by atoms with E-state index >= 15 is 0 Å². The molecule has 0 atom stereocenters. The summed E-state index contributed by atoms with van der Waals surface area (Å²) in [5.74, 6) is 0.937. The topological polar surface area (TPSA) is 43.9 Å². The molecule has 2 fully saturated rings. The third kappa shape index (κ3) is 5.27.